The van der Waals surface area contributed by atoms with Gasteiger partial charge in [0.25, 0.3) is 0 Å². The van der Waals surface area contributed by atoms with E-state index in [1.165, 1.54) is 10.9 Å². The zero-order chi connectivity index (χ0) is 25.4. The van der Waals surface area contributed by atoms with Crippen molar-refractivity contribution in [1.82, 2.24) is 29.7 Å². The second kappa shape index (κ2) is 12.7. The van der Waals surface area contributed by atoms with E-state index in [4.69, 9.17) is 21.9 Å². The van der Waals surface area contributed by atoms with Crippen LogP contribution >= 0.6 is 0 Å². The predicted octanol–water partition coefficient (Wildman–Crippen LogP) is -3.51. The Kier molecular flexibility index (Phi) is 9.69. The summed E-state index contributed by atoms with van der Waals surface area (Å²) in [5.41, 5.74) is 17.6. The highest BCUT2D eigenvalue weighted by atomic mass is 16.6. The summed E-state index contributed by atoms with van der Waals surface area (Å²) in [5, 5.41) is 32.4. The standard InChI is InChI=1S/C21H33N9O5/c22-5-2-8-29(9-3-6-23)10-15(32)25-7-1-4-14-27-19(24)16-20(28-14)30(12-26-16)21-18(34)17(33)13(11-31)35-21/h12-13,17-18,21,31,33-34H,2-3,5-11,22-23H2,(H,25,32)(H2,24,27,28)/t13-,17-,18-,21-/m1/s1. The van der Waals surface area contributed by atoms with Crippen LogP contribution in [0.4, 0.5) is 5.82 Å². The number of aliphatic hydroxyl groups is 3. The number of aliphatic hydroxyl groups excluding tert-OH is 3. The van der Waals surface area contributed by atoms with Crippen LogP contribution in [0.1, 0.15) is 24.9 Å². The Hall–Kier alpha value is -2.90. The van der Waals surface area contributed by atoms with Crippen LogP contribution in [0.15, 0.2) is 6.33 Å². The van der Waals surface area contributed by atoms with Gasteiger partial charge in [0.2, 0.25) is 11.7 Å². The molecule has 14 nitrogen and oxygen atoms in total. The molecule has 0 spiro atoms. The number of carbonyl (C=O) groups excluding carboxylic acids is 1. The van der Waals surface area contributed by atoms with Crippen LogP contribution in [0.2, 0.25) is 0 Å². The molecule has 192 valence electrons. The molecule has 0 radical (unpaired) electrons. The van der Waals surface area contributed by atoms with Gasteiger partial charge in [-0.3, -0.25) is 14.3 Å². The average Bonchev–Trinajstić information content (AvgIpc) is 3.39. The van der Waals surface area contributed by atoms with Crippen molar-refractivity contribution in [3.8, 4) is 11.8 Å². The summed E-state index contributed by atoms with van der Waals surface area (Å²) in [6.45, 7) is 2.37. The van der Waals surface area contributed by atoms with Gasteiger partial charge in [0.15, 0.2) is 17.7 Å². The number of nitrogens with zero attached hydrogens (tertiary/aromatic N) is 5. The summed E-state index contributed by atoms with van der Waals surface area (Å²) < 4.78 is 6.95. The first-order chi connectivity index (χ1) is 16.9. The Balaban J connectivity index is 1.66. The highest BCUT2D eigenvalue weighted by Gasteiger charge is 2.44. The molecule has 3 heterocycles. The van der Waals surface area contributed by atoms with Gasteiger partial charge in [-0.1, -0.05) is 5.92 Å². The highest BCUT2D eigenvalue weighted by Crippen LogP contribution is 2.31. The molecule has 1 fully saturated rings. The third-order valence-electron chi connectivity index (χ3n) is 5.54. The minimum Gasteiger partial charge on any atom is -0.394 e. The van der Waals surface area contributed by atoms with Gasteiger partial charge in [0.05, 0.1) is 26.0 Å². The number of fused-ring (bicyclic) bond motifs is 1. The minimum atomic E-state index is -1.31. The lowest BCUT2D eigenvalue weighted by atomic mass is 10.1. The van der Waals surface area contributed by atoms with Crippen LogP contribution in [0.3, 0.4) is 0 Å². The number of nitrogens with two attached hydrogens (primary N) is 3. The molecule has 3 rings (SSSR count). The molecule has 14 heteroatoms. The van der Waals surface area contributed by atoms with Crippen molar-refractivity contribution in [3.63, 3.8) is 0 Å². The molecular formula is C21H33N9O5. The van der Waals surface area contributed by atoms with Crippen LogP contribution in [0.25, 0.3) is 11.2 Å². The molecule has 2 aromatic rings. The Morgan fingerprint density at radius 2 is 1.91 bits per heavy atom. The lowest BCUT2D eigenvalue weighted by Gasteiger charge is -2.20. The summed E-state index contributed by atoms with van der Waals surface area (Å²) in [6.07, 6.45) is -1.62. The van der Waals surface area contributed by atoms with Gasteiger partial charge >= 0.3 is 0 Å². The molecule has 1 aliphatic heterocycles. The lowest BCUT2D eigenvalue weighted by molar-refractivity contribution is -0.122. The fourth-order valence-electron chi connectivity index (χ4n) is 3.72. The van der Waals surface area contributed by atoms with Crippen molar-refractivity contribution in [1.29, 1.82) is 0 Å². The quantitative estimate of drug-likeness (QED) is 0.152. The molecule has 0 aromatic carbocycles. The fraction of sp³-hybridized carbons (Fsp3) is 0.619. The normalized spacial score (nSPS) is 21.9. The van der Waals surface area contributed by atoms with E-state index in [2.05, 4.69) is 32.1 Å². The molecule has 35 heavy (non-hydrogen) atoms. The molecule has 0 bridgehead atoms. The van der Waals surface area contributed by atoms with Crippen molar-refractivity contribution < 1.29 is 24.9 Å². The number of rotatable bonds is 11. The summed E-state index contributed by atoms with van der Waals surface area (Å²) in [5.74, 6) is 5.54. The van der Waals surface area contributed by atoms with Crippen LogP contribution in [-0.2, 0) is 9.53 Å². The van der Waals surface area contributed by atoms with E-state index in [1.54, 1.807) is 0 Å². The van der Waals surface area contributed by atoms with Crippen molar-refractivity contribution in [3.05, 3.63) is 12.2 Å². The number of hydrogen-bond donors (Lipinski definition) is 7. The molecule has 1 aliphatic rings. The SMILES string of the molecule is NCCCN(CCCN)CC(=O)NCC#Cc1nc(N)c2ncn([C@@H]3O[C@H](CO)[C@@H](O)[C@H]3O)c2n1. The Bertz CT molecular complexity index is 1040. The first-order valence-electron chi connectivity index (χ1n) is 11.4. The van der Waals surface area contributed by atoms with Crippen LogP contribution in [0, 0.1) is 11.8 Å². The smallest absolute Gasteiger partial charge is 0.234 e. The Morgan fingerprint density at radius 1 is 1.20 bits per heavy atom. The number of amides is 1. The molecular weight excluding hydrogens is 458 g/mol. The van der Waals surface area contributed by atoms with E-state index in [9.17, 15) is 20.1 Å². The molecule has 0 aliphatic carbocycles. The van der Waals surface area contributed by atoms with E-state index in [0.29, 0.717) is 26.2 Å². The number of imidazole rings is 1. The van der Waals surface area contributed by atoms with Crippen molar-refractivity contribution >= 4 is 22.9 Å². The fourth-order valence-corrected chi connectivity index (χ4v) is 3.72. The van der Waals surface area contributed by atoms with Gasteiger partial charge in [-0.2, -0.15) is 0 Å². The number of carbonyl (C=O) groups is 1. The molecule has 2 aromatic heterocycles. The first-order valence-corrected chi connectivity index (χ1v) is 11.4. The van der Waals surface area contributed by atoms with E-state index in [0.717, 1.165) is 12.8 Å². The van der Waals surface area contributed by atoms with Crippen molar-refractivity contribution in [2.45, 2.75) is 37.4 Å². The molecule has 0 saturated carbocycles. The summed E-state index contributed by atoms with van der Waals surface area (Å²) in [7, 11) is 0. The maximum Gasteiger partial charge on any atom is 0.234 e. The summed E-state index contributed by atoms with van der Waals surface area (Å²) in [4.78, 5) is 26.9. The third-order valence-corrected chi connectivity index (χ3v) is 5.54. The zero-order valence-electron chi connectivity index (χ0n) is 19.4. The van der Waals surface area contributed by atoms with Crippen LogP contribution in [-0.4, -0.2) is 110 Å². The molecule has 1 saturated heterocycles. The molecule has 0 unspecified atom stereocenters. The van der Waals surface area contributed by atoms with Crippen LogP contribution in [0.5, 0.6) is 0 Å². The van der Waals surface area contributed by atoms with Gasteiger partial charge in [0, 0.05) is 0 Å². The topological polar surface area (TPSA) is 224 Å². The number of aromatic nitrogens is 4. The van der Waals surface area contributed by atoms with Gasteiger partial charge in [-0.05, 0) is 44.9 Å². The second-order valence-corrected chi connectivity index (χ2v) is 8.12. The molecule has 10 N–H and O–H groups in total. The van der Waals surface area contributed by atoms with Gasteiger partial charge < -0.3 is 42.6 Å². The Labute approximate surface area is 202 Å². The van der Waals surface area contributed by atoms with Gasteiger partial charge in [-0.15, -0.1) is 0 Å². The first kappa shape index (κ1) is 26.7. The van der Waals surface area contributed by atoms with Crippen LogP contribution < -0.4 is 22.5 Å². The van der Waals surface area contributed by atoms with E-state index < -0.39 is 31.1 Å². The van der Waals surface area contributed by atoms with Crippen molar-refractivity contribution in [2.24, 2.45) is 11.5 Å². The number of hydrogen-bond acceptors (Lipinski definition) is 12. The van der Waals surface area contributed by atoms with E-state index in [1.807, 2.05) is 4.90 Å². The maximum atomic E-state index is 12.3. The minimum absolute atomic E-state index is 0.0734. The van der Waals surface area contributed by atoms with Gasteiger partial charge in [-0.25, -0.2) is 15.0 Å². The number of ether oxygens (including phenoxy) is 1. The lowest BCUT2D eigenvalue weighted by Crippen LogP contribution is -2.39. The molecule has 1 amide bonds. The van der Waals surface area contributed by atoms with Crippen molar-refractivity contribution in [2.75, 3.05) is 51.6 Å². The van der Waals surface area contributed by atoms with Gasteiger partial charge in [0.1, 0.15) is 23.8 Å². The predicted molar refractivity (Wildman–Crippen MR) is 126 cm³/mol. The third kappa shape index (κ3) is 6.61. The Morgan fingerprint density at radius 3 is 2.54 bits per heavy atom. The average molecular weight is 492 g/mol. The largest absolute Gasteiger partial charge is 0.394 e. The zero-order valence-corrected chi connectivity index (χ0v) is 19.4. The monoisotopic (exact) mass is 491 g/mol. The molecule has 4 atom stereocenters. The van der Waals surface area contributed by atoms with E-state index in [-0.39, 0.29) is 41.8 Å². The number of nitrogens with one attached hydrogen (secondary N) is 1. The number of nitrogen functional groups attached to an aromatic ring is 1. The second-order valence-electron chi connectivity index (χ2n) is 8.12. The maximum absolute atomic E-state index is 12.3. The number of anilines is 1. The van der Waals surface area contributed by atoms with E-state index >= 15 is 0 Å². The summed E-state index contributed by atoms with van der Waals surface area (Å²) >= 11 is 0. The highest BCUT2D eigenvalue weighted by molar-refractivity contribution is 5.82. The summed E-state index contributed by atoms with van der Waals surface area (Å²) in [6, 6.07) is 0.